The third-order valence-corrected chi connectivity index (χ3v) is 6.73. The van der Waals surface area contributed by atoms with Gasteiger partial charge in [0, 0.05) is 40.0 Å². The van der Waals surface area contributed by atoms with Gasteiger partial charge in [-0.2, -0.15) is 5.26 Å². The quantitative estimate of drug-likeness (QED) is 0.820. The van der Waals surface area contributed by atoms with Crippen LogP contribution >= 0.6 is 22.7 Å². The standard InChI is InChI=1S/C21H21N3OS2/c1-13(2)24-11-14(9-15-5-3-7-26-15)21-16(12-24)19(18-6-4-8-27-18)20(23)17(10-22)25-21/h3-9,13,19H,11-12,23H2,1-2H3. The van der Waals surface area contributed by atoms with Gasteiger partial charge in [0.05, 0.1) is 11.6 Å². The molecular formula is C21H21N3OS2. The monoisotopic (exact) mass is 395 g/mol. The number of rotatable bonds is 3. The van der Waals surface area contributed by atoms with Gasteiger partial charge in [-0.3, -0.25) is 4.90 Å². The molecule has 138 valence electrons. The maximum absolute atomic E-state index is 9.59. The van der Waals surface area contributed by atoms with Gasteiger partial charge >= 0.3 is 0 Å². The second-order valence-electron chi connectivity index (χ2n) is 6.98. The molecule has 2 aromatic heterocycles. The minimum absolute atomic E-state index is 0.100. The van der Waals surface area contributed by atoms with Crippen LogP contribution in [0.25, 0.3) is 6.08 Å². The lowest BCUT2D eigenvalue weighted by molar-refractivity contribution is 0.213. The second-order valence-corrected chi connectivity index (χ2v) is 8.94. The minimum Gasteiger partial charge on any atom is -0.444 e. The third-order valence-electron chi connectivity index (χ3n) is 4.98. The van der Waals surface area contributed by atoms with Crippen molar-refractivity contribution in [2.75, 3.05) is 13.1 Å². The molecule has 0 bridgehead atoms. The summed E-state index contributed by atoms with van der Waals surface area (Å²) in [4.78, 5) is 4.75. The first-order valence-electron chi connectivity index (χ1n) is 8.91. The van der Waals surface area contributed by atoms with E-state index in [2.05, 4.69) is 53.8 Å². The van der Waals surface area contributed by atoms with Gasteiger partial charge in [0.25, 0.3) is 0 Å². The van der Waals surface area contributed by atoms with Crippen LogP contribution in [0.5, 0.6) is 0 Å². The number of allylic oxidation sites excluding steroid dienone is 2. The number of ether oxygens (including phenoxy) is 1. The van der Waals surface area contributed by atoms with Crippen LogP contribution < -0.4 is 5.73 Å². The largest absolute Gasteiger partial charge is 0.444 e. The van der Waals surface area contributed by atoms with Gasteiger partial charge in [-0.05, 0) is 42.8 Å². The SMILES string of the molecule is CC(C)N1CC(=Cc2cccs2)C2=C(C1)C(c1cccs1)C(N)=C(C#N)O2. The maximum Gasteiger partial charge on any atom is 0.223 e. The predicted molar refractivity (Wildman–Crippen MR) is 111 cm³/mol. The van der Waals surface area contributed by atoms with Crippen molar-refractivity contribution in [3.05, 3.63) is 73.1 Å². The molecule has 0 amide bonds. The molecule has 4 rings (SSSR count). The zero-order chi connectivity index (χ0) is 19.0. The Morgan fingerprint density at radius 1 is 1.26 bits per heavy atom. The number of thiophene rings is 2. The molecule has 0 saturated carbocycles. The number of nitrogens with zero attached hydrogens (tertiary/aromatic N) is 2. The second kappa shape index (κ2) is 7.35. The van der Waals surface area contributed by atoms with Gasteiger partial charge in [0.15, 0.2) is 0 Å². The summed E-state index contributed by atoms with van der Waals surface area (Å²) < 4.78 is 6.06. The Hall–Kier alpha value is -2.33. The van der Waals surface area contributed by atoms with E-state index >= 15 is 0 Å². The van der Waals surface area contributed by atoms with E-state index in [-0.39, 0.29) is 11.7 Å². The fourth-order valence-corrected chi connectivity index (χ4v) is 5.12. The molecule has 2 N–H and O–H groups in total. The molecule has 0 radical (unpaired) electrons. The van der Waals surface area contributed by atoms with E-state index in [1.54, 1.807) is 22.7 Å². The van der Waals surface area contributed by atoms with Gasteiger partial charge in [-0.25, -0.2) is 0 Å². The molecular weight excluding hydrogens is 374 g/mol. The summed E-state index contributed by atoms with van der Waals surface area (Å²) in [6.45, 7) is 6.00. The molecule has 0 saturated heterocycles. The molecule has 1 atom stereocenters. The van der Waals surface area contributed by atoms with Crippen LogP contribution in [0.15, 0.2) is 63.4 Å². The molecule has 4 heterocycles. The summed E-state index contributed by atoms with van der Waals surface area (Å²) in [5.41, 5.74) is 9.17. The third kappa shape index (κ3) is 3.34. The lowest BCUT2D eigenvalue weighted by Crippen LogP contribution is -2.41. The highest BCUT2D eigenvalue weighted by Gasteiger charge is 2.38. The Labute approximate surface area is 167 Å². The summed E-state index contributed by atoms with van der Waals surface area (Å²) >= 11 is 3.37. The number of hydrogen-bond acceptors (Lipinski definition) is 6. The highest BCUT2D eigenvalue weighted by Crippen LogP contribution is 2.44. The molecule has 0 fully saturated rings. The van der Waals surface area contributed by atoms with Crippen molar-refractivity contribution in [3.8, 4) is 6.07 Å². The first-order valence-corrected chi connectivity index (χ1v) is 10.7. The Morgan fingerprint density at radius 3 is 2.67 bits per heavy atom. The van der Waals surface area contributed by atoms with Crippen LogP contribution in [0.1, 0.15) is 29.5 Å². The fourth-order valence-electron chi connectivity index (χ4n) is 3.57. The number of nitrogens with two attached hydrogens (primary N) is 1. The van der Waals surface area contributed by atoms with Gasteiger partial charge < -0.3 is 10.5 Å². The van der Waals surface area contributed by atoms with Crippen molar-refractivity contribution >= 4 is 28.7 Å². The van der Waals surface area contributed by atoms with Crippen molar-refractivity contribution < 1.29 is 4.74 Å². The van der Waals surface area contributed by atoms with E-state index in [1.807, 2.05) is 12.1 Å². The normalized spacial score (nSPS) is 22.1. The van der Waals surface area contributed by atoms with E-state index in [9.17, 15) is 5.26 Å². The van der Waals surface area contributed by atoms with E-state index in [4.69, 9.17) is 10.5 Å². The van der Waals surface area contributed by atoms with Crippen molar-refractivity contribution in [3.63, 3.8) is 0 Å². The molecule has 0 aliphatic carbocycles. The molecule has 2 aliphatic heterocycles. The van der Waals surface area contributed by atoms with Crippen molar-refractivity contribution in [2.24, 2.45) is 5.73 Å². The Kier molecular flexibility index (Phi) is 4.92. The van der Waals surface area contributed by atoms with Crippen LogP contribution in [0.2, 0.25) is 0 Å². The molecule has 0 aromatic carbocycles. The molecule has 2 aliphatic rings. The van der Waals surface area contributed by atoms with Crippen LogP contribution in [0.4, 0.5) is 0 Å². The van der Waals surface area contributed by atoms with Crippen molar-refractivity contribution in [2.45, 2.75) is 25.8 Å². The highest BCUT2D eigenvalue weighted by molar-refractivity contribution is 7.10. The number of hydrogen-bond donors (Lipinski definition) is 1. The minimum atomic E-state index is -0.100. The summed E-state index contributed by atoms with van der Waals surface area (Å²) in [6, 6.07) is 10.8. The first kappa shape index (κ1) is 18.1. The topological polar surface area (TPSA) is 62.3 Å². The van der Waals surface area contributed by atoms with Crippen molar-refractivity contribution in [1.29, 1.82) is 5.26 Å². The predicted octanol–water partition coefficient (Wildman–Crippen LogP) is 4.68. The molecule has 27 heavy (non-hydrogen) atoms. The summed E-state index contributed by atoms with van der Waals surface area (Å²) in [7, 11) is 0. The summed E-state index contributed by atoms with van der Waals surface area (Å²) in [5, 5.41) is 13.7. The molecule has 4 nitrogen and oxygen atoms in total. The van der Waals surface area contributed by atoms with Crippen molar-refractivity contribution in [1.82, 2.24) is 4.90 Å². The van der Waals surface area contributed by atoms with E-state index in [0.717, 1.165) is 34.9 Å². The lowest BCUT2D eigenvalue weighted by Gasteiger charge is -2.39. The zero-order valence-electron chi connectivity index (χ0n) is 15.3. The Bertz CT molecular complexity index is 960. The molecule has 0 spiro atoms. The van der Waals surface area contributed by atoms with Gasteiger partial charge in [-0.1, -0.05) is 12.1 Å². The Balaban J connectivity index is 1.87. The Morgan fingerprint density at radius 2 is 2.04 bits per heavy atom. The fraction of sp³-hybridized carbons (Fsp3) is 0.286. The summed E-state index contributed by atoms with van der Waals surface area (Å²) in [6.07, 6.45) is 2.18. The average Bonchev–Trinajstić information content (AvgIpc) is 3.35. The molecule has 6 heteroatoms. The smallest absolute Gasteiger partial charge is 0.223 e. The van der Waals surface area contributed by atoms with Crippen LogP contribution in [-0.2, 0) is 4.74 Å². The lowest BCUT2D eigenvalue weighted by atomic mass is 9.85. The van der Waals surface area contributed by atoms with E-state index in [1.165, 1.54) is 4.88 Å². The van der Waals surface area contributed by atoms with E-state index < -0.39 is 0 Å². The summed E-state index contributed by atoms with van der Waals surface area (Å²) in [5.74, 6) is 0.948. The van der Waals surface area contributed by atoms with Crippen LogP contribution in [0, 0.1) is 11.3 Å². The molecule has 1 unspecified atom stereocenters. The van der Waals surface area contributed by atoms with Gasteiger partial charge in [-0.15, -0.1) is 22.7 Å². The van der Waals surface area contributed by atoms with Crippen LogP contribution in [0.3, 0.4) is 0 Å². The van der Waals surface area contributed by atoms with E-state index in [0.29, 0.717) is 11.7 Å². The van der Waals surface area contributed by atoms with Crippen LogP contribution in [-0.4, -0.2) is 24.0 Å². The molecule has 2 aromatic rings. The maximum atomic E-state index is 9.59. The van der Waals surface area contributed by atoms with Gasteiger partial charge in [0.1, 0.15) is 11.8 Å². The first-order chi connectivity index (χ1) is 13.1. The average molecular weight is 396 g/mol. The zero-order valence-corrected chi connectivity index (χ0v) is 16.9. The highest BCUT2D eigenvalue weighted by atomic mass is 32.1. The van der Waals surface area contributed by atoms with Gasteiger partial charge in [0.2, 0.25) is 5.76 Å². The number of nitriles is 1.